The average molecular weight is 264 g/mol. The first-order chi connectivity index (χ1) is 7.62. The molecule has 1 N–H and O–H groups in total. The zero-order chi connectivity index (χ0) is 13.3. The van der Waals surface area contributed by atoms with Gasteiger partial charge >= 0.3 is 12.4 Å². The van der Waals surface area contributed by atoms with Gasteiger partial charge in [0.15, 0.2) is 5.92 Å². The van der Waals surface area contributed by atoms with Gasteiger partial charge in [0.25, 0.3) is 0 Å². The largest absolute Gasteiger partial charge is 0.403 e. The molecule has 0 aromatic carbocycles. The van der Waals surface area contributed by atoms with E-state index < -0.39 is 30.8 Å². The minimum absolute atomic E-state index is 0.225. The van der Waals surface area contributed by atoms with Gasteiger partial charge in [0.05, 0.1) is 6.10 Å². The second kappa shape index (κ2) is 5.04. The fourth-order valence-electron chi connectivity index (χ4n) is 2.35. The number of alkyl halides is 6. The fraction of sp³-hybridized carbons (Fsp3) is 1.00. The van der Waals surface area contributed by atoms with Gasteiger partial charge < -0.3 is 5.11 Å². The molecule has 1 nitrogen and oxygen atoms in total. The lowest BCUT2D eigenvalue weighted by atomic mass is 9.91. The minimum Gasteiger partial charge on any atom is -0.392 e. The van der Waals surface area contributed by atoms with Gasteiger partial charge in [-0.2, -0.15) is 26.3 Å². The number of aliphatic hydroxyl groups excluding tert-OH is 1. The second-order valence-electron chi connectivity index (χ2n) is 4.51. The highest BCUT2D eigenvalue weighted by Gasteiger charge is 2.60. The Hall–Kier alpha value is -0.460. The SMILES string of the molecule is OC(CC1CCCC1)C(C(F)(F)F)C(F)(F)F. The van der Waals surface area contributed by atoms with Crippen LogP contribution in [0.2, 0.25) is 0 Å². The van der Waals surface area contributed by atoms with Crippen molar-refractivity contribution in [2.24, 2.45) is 11.8 Å². The van der Waals surface area contributed by atoms with Gasteiger partial charge in [-0.25, -0.2) is 0 Å². The van der Waals surface area contributed by atoms with Crippen molar-refractivity contribution in [2.75, 3.05) is 0 Å². The van der Waals surface area contributed by atoms with Crippen LogP contribution in [0.4, 0.5) is 26.3 Å². The molecule has 17 heavy (non-hydrogen) atoms. The van der Waals surface area contributed by atoms with Gasteiger partial charge in [0.2, 0.25) is 0 Å². The van der Waals surface area contributed by atoms with Gasteiger partial charge in [-0.15, -0.1) is 0 Å². The Morgan fingerprint density at radius 2 is 1.35 bits per heavy atom. The lowest BCUT2D eigenvalue weighted by Gasteiger charge is -2.28. The Bertz CT molecular complexity index is 226. The average Bonchev–Trinajstić information content (AvgIpc) is 2.49. The molecule has 0 bridgehead atoms. The maximum atomic E-state index is 12.3. The number of rotatable bonds is 3. The van der Waals surface area contributed by atoms with Crippen LogP contribution in [-0.4, -0.2) is 23.6 Å². The summed E-state index contributed by atoms with van der Waals surface area (Å²) in [6.07, 6.45) is -10.9. The molecular weight excluding hydrogens is 250 g/mol. The van der Waals surface area contributed by atoms with Crippen molar-refractivity contribution >= 4 is 0 Å². The van der Waals surface area contributed by atoms with Gasteiger partial charge in [-0.05, 0) is 12.3 Å². The summed E-state index contributed by atoms with van der Waals surface area (Å²) in [4.78, 5) is 0. The first kappa shape index (κ1) is 14.6. The van der Waals surface area contributed by atoms with E-state index in [0.717, 1.165) is 12.8 Å². The van der Waals surface area contributed by atoms with Crippen LogP contribution in [0.3, 0.4) is 0 Å². The summed E-state index contributed by atoms with van der Waals surface area (Å²) in [6.45, 7) is 0. The maximum Gasteiger partial charge on any atom is 0.403 e. The first-order valence-corrected chi connectivity index (χ1v) is 5.44. The maximum absolute atomic E-state index is 12.3. The van der Waals surface area contributed by atoms with Crippen molar-refractivity contribution in [3.05, 3.63) is 0 Å². The van der Waals surface area contributed by atoms with Crippen molar-refractivity contribution in [3.8, 4) is 0 Å². The van der Waals surface area contributed by atoms with Crippen LogP contribution in [0.15, 0.2) is 0 Å². The Kier molecular flexibility index (Phi) is 4.33. The molecular formula is C10H14F6O. The Labute approximate surface area is 94.8 Å². The quantitative estimate of drug-likeness (QED) is 0.771. The molecule has 1 aliphatic carbocycles. The molecule has 0 saturated heterocycles. The van der Waals surface area contributed by atoms with E-state index >= 15 is 0 Å². The highest BCUT2D eigenvalue weighted by atomic mass is 19.4. The molecule has 0 radical (unpaired) electrons. The van der Waals surface area contributed by atoms with E-state index in [0.29, 0.717) is 12.8 Å². The van der Waals surface area contributed by atoms with Gasteiger partial charge in [-0.3, -0.25) is 0 Å². The van der Waals surface area contributed by atoms with Crippen LogP contribution in [0, 0.1) is 11.8 Å². The lowest BCUT2D eigenvalue weighted by Crippen LogP contribution is -2.45. The lowest BCUT2D eigenvalue weighted by molar-refractivity contribution is -0.307. The molecule has 0 spiro atoms. The predicted molar refractivity (Wildman–Crippen MR) is 48.2 cm³/mol. The third kappa shape index (κ3) is 4.04. The Balaban J connectivity index is 2.69. The van der Waals surface area contributed by atoms with E-state index in [-0.39, 0.29) is 5.92 Å². The van der Waals surface area contributed by atoms with E-state index in [2.05, 4.69) is 0 Å². The normalized spacial score (nSPS) is 21.2. The van der Waals surface area contributed by atoms with Gasteiger partial charge in [0.1, 0.15) is 0 Å². The second-order valence-corrected chi connectivity index (χ2v) is 4.51. The molecule has 0 aromatic heterocycles. The molecule has 1 saturated carbocycles. The summed E-state index contributed by atoms with van der Waals surface area (Å²) >= 11 is 0. The summed E-state index contributed by atoms with van der Waals surface area (Å²) in [6, 6.07) is 0. The summed E-state index contributed by atoms with van der Waals surface area (Å²) in [5, 5.41) is 9.20. The fourth-order valence-corrected chi connectivity index (χ4v) is 2.35. The smallest absolute Gasteiger partial charge is 0.392 e. The first-order valence-electron chi connectivity index (χ1n) is 5.44. The zero-order valence-electron chi connectivity index (χ0n) is 8.98. The molecule has 7 heteroatoms. The van der Waals surface area contributed by atoms with E-state index in [1.165, 1.54) is 0 Å². The van der Waals surface area contributed by atoms with Crippen LogP contribution in [0.25, 0.3) is 0 Å². The molecule has 1 rings (SSSR count). The van der Waals surface area contributed by atoms with E-state index in [1.54, 1.807) is 0 Å². The predicted octanol–water partition coefficient (Wildman–Crippen LogP) is 3.67. The van der Waals surface area contributed by atoms with Crippen molar-refractivity contribution in [1.29, 1.82) is 0 Å². The topological polar surface area (TPSA) is 20.2 Å². The van der Waals surface area contributed by atoms with Crippen molar-refractivity contribution in [2.45, 2.75) is 50.6 Å². The van der Waals surface area contributed by atoms with Crippen molar-refractivity contribution < 1.29 is 31.4 Å². The number of hydrogen-bond donors (Lipinski definition) is 1. The van der Waals surface area contributed by atoms with Crippen LogP contribution in [-0.2, 0) is 0 Å². The van der Waals surface area contributed by atoms with Crippen LogP contribution < -0.4 is 0 Å². The molecule has 102 valence electrons. The Morgan fingerprint density at radius 3 is 1.71 bits per heavy atom. The van der Waals surface area contributed by atoms with Gasteiger partial charge in [0, 0.05) is 0 Å². The molecule has 1 unspecified atom stereocenters. The zero-order valence-corrected chi connectivity index (χ0v) is 8.98. The van der Waals surface area contributed by atoms with E-state index in [4.69, 9.17) is 0 Å². The molecule has 1 aliphatic rings. The number of aliphatic hydroxyl groups is 1. The summed E-state index contributed by atoms with van der Waals surface area (Å²) in [7, 11) is 0. The number of hydrogen-bond acceptors (Lipinski definition) is 1. The highest BCUT2D eigenvalue weighted by molar-refractivity contribution is 4.84. The van der Waals surface area contributed by atoms with Crippen molar-refractivity contribution in [3.63, 3.8) is 0 Å². The van der Waals surface area contributed by atoms with Crippen LogP contribution in [0.5, 0.6) is 0 Å². The third-order valence-corrected chi connectivity index (χ3v) is 3.14. The van der Waals surface area contributed by atoms with Crippen LogP contribution >= 0.6 is 0 Å². The molecule has 1 atom stereocenters. The Morgan fingerprint density at radius 1 is 0.941 bits per heavy atom. The number of halogens is 6. The molecule has 1 fully saturated rings. The van der Waals surface area contributed by atoms with Crippen molar-refractivity contribution in [1.82, 2.24) is 0 Å². The molecule has 0 amide bonds. The van der Waals surface area contributed by atoms with E-state index in [9.17, 15) is 31.4 Å². The van der Waals surface area contributed by atoms with Gasteiger partial charge in [-0.1, -0.05) is 25.7 Å². The minimum atomic E-state index is -5.45. The summed E-state index contributed by atoms with van der Waals surface area (Å²) in [5.74, 6) is -3.85. The monoisotopic (exact) mass is 264 g/mol. The highest BCUT2D eigenvalue weighted by Crippen LogP contribution is 2.43. The molecule has 0 aliphatic heterocycles. The third-order valence-electron chi connectivity index (χ3n) is 3.14. The van der Waals surface area contributed by atoms with Crippen LogP contribution in [0.1, 0.15) is 32.1 Å². The molecule has 0 aromatic rings. The summed E-state index contributed by atoms with van der Waals surface area (Å²) in [5.41, 5.74) is 0. The summed E-state index contributed by atoms with van der Waals surface area (Å²) < 4.78 is 73.6. The standard InChI is InChI=1S/C10H14F6O/c11-9(12,13)8(10(14,15)16)7(17)5-6-3-1-2-4-6/h6-8,17H,1-5H2. The van der Waals surface area contributed by atoms with E-state index in [1.807, 2.05) is 0 Å². The molecule has 0 heterocycles.